The normalized spacial score (nSPS) is 40.3. The number of hydrogen-bond donors (Lipinski definition) is 2. The number of phenols is 1. The number of phenolic OH excluding ortho intramolecular Hbond substituents is 1. The summed E-state index contributed by atoms with van der Waals surface area (Å²) in [4.78, 5) is 0. The maximum absolute atomic E-state index is 10.9. The van der Waals surface area contributed by atoms with Crippen molar-refractivity contribution in [1.29, 1.82) is 0 Å². The zero-order chi connectivity index (χ0) is 18.3. The summed E-state index contributed by atoms with van der Waals surface area (Å²) < 4.78 is 13.7. The highest BCUT2D eigenvalue weighted by Gasteiger charge is 2.69. The number of halogens is 2. The average Bonchev–Trinajstić information content (AvgIpc) is 3.20. The number of benzene rings is 1. The van der Waals surface area contributed by atoms with Crippen molar-refractivity contribution in [2.24, 2.45) is 17.3 Å². The molecule has 1 heterocycles. The summed E-state index contributed by atoms with van der Waals surface area (Å²) in [5.41, 5.74) is 2.47. The molecule has 6 heteroatoms. The van der Waals surface area contributed by atoms with Gasteiger partial charge < -0.3 is 19.7 Å². The van der Waals surface area contributed by atoms with Gasteiger partial charge in [-0.05, 0) is 98.9 Å². The first-order valence-corrected chi connectivity index (χ1v) is 11.1. The second-order valence-electron chi connectivity index (χ2n) is 8.58. The first-order valence-electron chi connectivity index (χ1n) is 9.55. The van der Waals surface area contributed by atoms with Crippen LogP contribution in [0.5, 0.6) is 5.75 Å². The number of fused-ring (bicyclic) bond motifs is 6. The Morgan fingerprint density at radius 3 is 2.65 bits per heavy atom. The molecule has 3 fully saturated rings. The van der Waals surface area contributed by atoms with Crippen molar-refractivity contribution in [2.75, 3.05) is 13.2 Å². The van der Waals surface area contributed by atoms with E-state index in [4.69, 9.17) is 9.47 Å². The Bertz CT molecular complexity index is 761. The fourth-order valence-corrected chi connectivity index (χ4v) is 7.90. The predicted octanol–water partition coefficient (Wildman–Crippen LogP) is 4.49. The van der Waals surface area contributed by atoms with Gasteiger partial charge in [0.25, 0.3) is 0 Å². The third-order valence-corrected chi connectivity index (χ3v) is 9.17. The highest BCUT2D eigenvalue weighted by molar-refractivity contribution is 9.11. The Labute approximate surface area is 170 Å². The van der Waals surface area contributed by atoms with Gasteiger partial charge in [-0.3, -0.25) is 0 Å². The molecule has 4 nitrogen and oxygen atoms in total. The summed E-state index contributed by atoms with van der Waals surface area (Å²) in [6.07, 6.45) is 4.31. The summed E-state index contributed by atoms with van der Waals surface area (Å²) in [6.45, 7) is 3.43. The van der Waals surface area contributed by atoms with E-state index in [0.29, 0.717) is 36.7 Å². The van der Waals surface area contributed by atoms with Crippen molar-refractivity contribution in [3.8, 4) is 5.75 Å². The lowest BCUT2D eigenvalue weighted by molar-refractivity contribution is -0.270. The molecule has 26 heavy (non-hydrogen) atoms. The van der Waals surface area contributed by atoms with E-state index in [2.05, 4.69) is 44.8 Å². The summed E-state index contributed by atoms with van der Waals surface area (Å²) in [7, 11) is 0. The van der Waals surface area contributed by atoms with Gasteiger partial charge in [0.1, 0.15) is 11.9 Å². The number of hydrogen-bond acceptors (Lipinski definition) is 4. The Morgan fingerprint density at radius 1 is 1.19 bits per heavy atom. The van der Waals surface area contributed by atoms with Crippen molar-refractivity contribution < 1.29 is 19.7 Å². The first kappa shape index (κ1) is 17.9. The average molecular weight is 488 g/mol. The quantitative estimate of drug-likeness (QED) is 0.566. The van der Waals surface area contributed by atoms with Crippen LogP contribution in [0.25, 0.3) is 0 Å². The zero-order valence-electron chi connectivity index (χ0n) is 14.8. The van der Waals surface area contributed by atoms with Crippen LogP contribution in [0.15, 0.2) is 15.0 Å². The molecule has 2 N–H and O–H groups in total. The minimum atomic E-state index is -0.807. The van der Waals surface area contributed by atoms with Crippen LogP contribution < -0.4 is 0 Å². The smallest absolute Gasteiger partial charge is 0.200 e. The van der Waals surface area contributed by atoms with Crippen LogP contribution >= 0.6 is 31.9 Å². The standard InChI is InChI=1S/C20H24Br2O4/c1-19-5-4-10-11(14(19)9-16(23)20(19)25-6-7-26-20)2-3-12-13(10)8-15(21)18(24)17(12)22/h8,10-11,14,16,23-24H,2-7,9H2,1H3/t10?,11-,14?,16-,19+/m1/s1. The fraction of sp³-hybridized carbons (Fsp3) is 0.700. The molecule has 3 aliphatic carbocycles. The first-order chi connectivity index (χ1) is 12.4. The monoisotopic (exact) mass is 486 g/mol. The molecule has 5 atom stereocenters. The summed E-state index contributed by atoms with van der Waals surface area (Å²) in [5, 5.41) is 21.2. The molecule has 142 valence electrons. The molecule has 0 aromatic heterocycles. The van der Waals surface area contributed by atoms with E-state index >= 15 is 0 Å². The molecule has 2 unspecified atom stereocenters. The van der Waals surface area contributed by atoms with E-state index in [1.54, 1.807) is 0 Å². The van der Waals surface area contributed by atoms with E-state index in [0.717, 1.165) is 41.0 Å². The molecule has 2 saturated carbocycles. The lowest BCUT2D eigenvalue weighted by Gasteiger charge is -2.52. The largest absolute Gasteiger partial charge is 0.506 e. The number of aromatic hydroxyl groups is 1. The SMILES string of the molecule is C[C@]12CCC3c4cc(Br)c(O)c(Br)c4CC[C@H]3C1C[C@@H](O)C21OCCO1. The molecule has 4 aliphatic rings. The second-order valence-corrected chi connectivity index (χ2v) is 10.2. The molecule has 0 radical (unpaired) electrons. The van der Waals surface area contributed by atoms with E-state index < -0.39 is 11.9 Å². The van der Waals surface area contributed by atoms with Crippen LogP contribution in [0.3, 0.4) is 0 Å². The number of aliphatic hydroxyl groups is 1. The van der Waals surface area contributed by atoms with Crippen LogP contribution in [0.4, 0.5) is 0 Å². The molecule has 1 aromatic rings. The maximum atomic E-state index is 10.9. The van der Waals surface area contributed by atoms with Gasteiger partial charge in [0.15, 0.2) is 5.79 Å². The Balaban J connectivity index is 1.56. The Kier molecular flexibility index (Phi) is 4.09. The van der Waals surface area contributed by atoms with Crippen LogP contribution in [-0.4, -0.2) is 35.3 Å². The number of aliphatic hydroxyl groups excluding tert-OH is 1. The zero-order valence-corrected chi connectivity index (χ0v) is 18.0. The maximum Gasteiger partial charge on any atom is 0.200 e. The topological polar surface area (TPSA) is 58.9 Å². The van der Waals surface area contributed by atoms with Crippen molar-refractivity contribution in [3.05, 3.63) is 26.1 Å². The Hall–Kier alpha value is -0.140. The van der Waals surface area contributed by atoms with Crippen LogP contribution in [-0.2, 0) is 15.9 Å². The van der Waals surface area contributed by atoms with E-state index in [9.17, 15) is 10.2 Å². The fourth-order valence-electron chi connectivity index (χ4n) is 6.55. The molecule has 1 aliphatic heterocycles. The summed E-state index contributed by atoms with van der Waals surface area (Å²) >= 11 is 7.11. The van der Waals surface area contributed by atoms with Crippen LogP contribution in [0.1, 0.15) is 49.7 Å². The van der Waals surface area contributed by atoms with Gasteiger partial charge in [0.2, 0.25) is 0 Å². The van der Waals surface area contributed by atoms with Gasteiger partial charge in [0, 0.05) is 5.41 Å². The van der Waals surface area contributed by atoms with Crippen molar-refractivity contribution in [1.82, 2.24) is 0 Å². The third-order valence-electron chi connectivity index (χ3n) is 7.71. The molecule has 1 spiro atoms. The van der Waals surface area contributed by atoms with Gasteiger partial charge in [-0.1, -0.05) is 6.92 Å². The molecular formula is C20H24Br2O4. The molecular weight excluding hydrogens is 464 g/mol. The molecule has 0 bridgehead atoms. The highest BCUT2D eigenvalue weighted by Crippen LogP contribution is 2.66. The highest BCUT2D eigenvalue weighted by atomic mass is 79.9. The van der Waals surface area contributed by atoms with E-state index in [1.807, 2.05) is 0 Å². The molecule has 5 rings (SSSR count). The lowest BCUT2D eigenvalue weighted by atomic mass is 9.55. The van der Waals surface area contributed by atoms with Crippen molar-refractivity contribution in [2.45, 2.75) is 56.8 Å². The van der Waals surface area contributed by atoms with E-state index in [-0.39, 0.29) is 5.41 Å². The Morgan fingerprint density at radius 2 is 1.92 bits per heavy atom. The summed E-state index contributed by atoms with van der Waals surface area (Å²) in [6, 6.07) is 2.11. The lowest BCUT2D eigenvalue weighted by Crippen LogP contribution is -2.54. The minimum Gasteiger partial charge on any atom is -0.506 e. The predicted molar refractivity (Wildman–Crippen MR) is 104 cm³/mol. The van der Waals surface area contributed by atoms with Gasteiger partial charge >= 0.3 is 0 Å². The number of rotatable bonds is 0. The second kappa shape index (κ2) is 5.93. The van der Waals surface area contributed by atoms with Crippen LogP contribution in [0, 0.1) is 17.3 Å². The molecule has 0 amide bonds. The van der Waals surface area contributed by atoms with Gasteiger partial charge in [0.05, 0.1) is 22.2 Å². The summed E-state index contributed by atoms with van der Waals surface area (Å²) in [5.74, 6) is 0.874. The van der Waals surface area contributed by atoms with Crippen molar-refractivity contribution >= 4 is 31.9 Å². The van der Waals surface area contributed by atoms with Crippen molar-refractivity contribution in [3.63, 3.8) is 0 Å². The van der Waals surface area contributed by atoms with Gasteiger partial charge in [-0.25, -0.2) is 0 Å². The third kappa shape index (κ3) is 2.11. The van der Waals surface area contributed by atoms with Crippen LogP contribution in [0.2, 0.25) is 0 Å². The molecule has 1 aromatic carbocycles. The van der Waals surface area contributed by atoms with Gasteiger partial charge in [-0.15, -0.1) is 0 Å². The van der Waals surface area contributed by atoms with Gasteiger partial charge in [-0.2, -0.15) is 0 Å². The molecule has 1 saturated heterocycles. The van der Waals surface area contributed by atoms with E-state index in [1.165, 1.54) is 11.1 Å². The minimum absolute atomic E-state index is 0.132. The number of ether oxygens (including phenoxy) is 2.